The molecule has 3 aromatic carbocycles. The number of carboxylic acids is 1. The summed E-state index contributed by atoms with van der Waals surface area (Å²) in [6, 6.07) is 14.8. The van der Waals surface area contributed by atoms with Crippen LogP contribution in [-0.2, 0) is 6.61 Å². The van der Waals surface area contributed by atoms with E-state index in [1.807, 2.05) is 0 Å². The van der Waals surface area contributed by atoms with E-state index in [0.717, 1.165) is 5.56 Å². The number of ether oxygens (including phenoxy) is 2. The van der Waals surface area contributed by atoms with Crippen molar-refractivity contribution >= 4 is 52.7 Å². The molecule has 3 rings (SSSR count). The summed E-state index contributed by atoms with van der Waals surface area (Å²) in [6.45, 7) is 0.121. The molecular formula is C22H17Cl3N2O4. The van der Waals surface area contributed by atoms with Crippen LogP contribution in [0.25, 0.3) is 0 Å². The van der Waals surface area contributed by atoms with Crippen LogP contribution in [0.3, 0.4) is 0 Å². The molecule has 31 heavy (non-hydrogen) atoms. The lowest BCUT2D eigenvalue weighted by Crippen LogP contribution is -2.00. The quantitative estimate of drug-likeness (QED) is 0.223. The summed E-state index contributed by atoms with van der Waals surface area (Å²) in [4.78, 5) is 10.9. The Morgan fingerprint density at radius 3 is 2.42 bits per heavy atom. The van der Waals surface area contributed by atoms with Crippen LogP contribution in [0.15, 0.2) is 59.7 Å². The second-order valence-electron chi connectivity index (χ2n) is 6.27. The van der Waals surface area contributed by atoms with Gasteiger partial charge in [-0.15, -0.1) is 0 Å². The van der Waals surface area contributed by atoms with Gasteiger partial charge in [0.05, 0.1) is 34.6 Å². The zero-order chi connectivity index (χ0) is 22.4. The Balaban J connectivity index is 1.67. The van der Waals surface area contributed by atoms with E-state index in [1.165, 1.54) is 19.2 Å². The molecule has 0 saturated heterocycles. The molecule has 6 nitrogen and oxygen atoms in total. The van der Waals surface area contributed by atoms with Crippen molar-refractivity contribution in [3.8, 4) is 11.5 Å². The fourth-order valence-electron chi connectivity index (χ4n) is 2.60. The Morgan fingerprint density at radius 2 is 1.74 bits per heavy atom. The first-order valence-corrected chi connectivity index (χ1v) is 10.1. The topological polar surface area (TPSA) is 80.2 Å². The largest absolute Gasteiger partial charge is 0.493 e. The molecule has 0 radical (unpaired) electrons. The first-order chi connectivity index (χ1) is 14.9. The van der Waals surface area contributed by atoms with Gasteiger partial charge < -0.3 is 14.6 Å². The van der Waals surface area contributed by atoms with Crippen LogP contribution in [0, 0.1) is 0 Å². The van der Waals surface area contributed by atoms with E-state index in [0.29, 0.717) is 37.8 Å². The predicted molar refractivity (Wildman–Crippen MR) is 123 cm³/mol. The second kappa shape index (κ2) is 10.4. The van der Waals surface area contributed by atoms with E-state index in [1.54, 1.807) is 48.7 Å². The average molecular weight is 480 g/mol. The van der Waals surface area contributed by atoms with E-state index in [-0.39, 0.29) is 12.2 Å². The predicted octanol–water partition coefficient (Wildman–Crippen LogP) is 6.38. The average Bonchev–Trinajstić information content (AvgIpc) is 2.77. The van der Waals surface area contributed by atoms with Gasteiger partial charge in [-0.2, -0.15) is 5.10 Å². The van der Waals surface area contributed by atoms with Crippen molar-refractivity contribution in [2.24, 2.45) is 5.10 Å². The first kappa shape index (κ1) is 22.7. The molecule has 3 aromatic rings. The molecule has 0 fully saturated rings. The van der Waals surface area contributed by atoms with Crippen molar-refractivity contribution < 1.29 is 19.4 Å². The van der Waals surface area contributed by atoms with Crippen molar-refractivity contribution in [3.63, 3.8) is 0 Å². The minimum Gasteiger partial charge on any atom is -0.493 e. The third kappa shape index (κ3) is 5.82. The molecule has 0 saturated carbocycles. The fraction of sp³-hybridized carbons (Fsp3) is 0.0909. The van der Waals surface area contributed by atoms with Gasteiger partial charge in [0.1, 0.15) is 6.61 Å². The Labute approximate surface area is 194 Å². The van der Waals surface area contributed by atoms with Crippen LogP contribution >= 0.6 is 34.8 Å². The van der Waals surface area contributed by atoms with Gasteiger partial charge in [-0.3, -0.25) is 5.43 Å². The summed E-state index contributed by atoms with van der Waals surface area (Å²) >= 11 is 18.4. The molecule has 0 aromatic heterocycles. The molecule has 0 aliphatic heterocycles. The van der Waals surface area contributed by atoms with Crippen molar-refractivity contribution in [1.29, 1.82) is 0 Å². The van der Waals surface area contributed by atoms with Crippen LogP contribution < -0.4 is 14.9 Å². The number of carbonyl (C=O) groups is 1. The van der Waals surface area contributed by atoms with Crippen molar-refractivity contribution in [2.45, 2.75) is 6.61 Å². The number of benzene rings is 3. The number of anilines is 1. The monoisotopic (exact) mass is 478 g/mol. The van der Waals surface area contributed by atoms with Crippen LogP contribution in [0.1, 0.15) is 21.5 Å². The first-order valence-electron chi connectivity index (χ1n) is 8.94. The third-order valence-electron chi connectivity index (χ3n) is 4.24. The fourth-order valence-corrected chi connectivity index (χ4v) is 3.26. The van der Waals surface area contributed by atoms with Crippen molar-refractivity contribution in [2.75, 3.05) is 12.5 Å². The summed E-state index contributed by atoms with van der Waals surface area (Å²) in [5.74, 6) is 0.0253. The zero-order valence-corrected chi connectivity index (χ0v) is 18.5. The number of methoxy groups -OCH3 is 1. The molecule has 0 spiro atoms. The minimum atomic E-state index is -0.982. The summed E-state index contributed by atoms with van der Waals surface area (Å²) in [6.07, 6.45) is 1.60. The number of nitrogens with zero attached hydrogens (tertiary/aromatic N) is 1. The van der Waals surface area contributed by atoms with Crippen LogP contribution in [-0.4, -0.2) is 24.4 Å². The number of halogens is 3. The lowest BCUT2D eigenvalue weighted by Gasteiger charge is -2.13. The molecule has 0 aliphatic carbocycles. The molecule has 0 amide bonds. The number of hydrazone groups is 1. The molecule has 0 bridgehead atoms. The molecule has 0 unspecified atom stereocenters. The number of hydrogen-bond acceptors (Lipinski definition) is 5. The number of aromatic carboxylic acids is 1. The summed E-state index contributed by atoms with van der Waals surface area (Å²) in [7, 11) is 1.53. The maximum atomic E-state index is 10.9. The Hall–Kier alpha value is -2.93. The number of nitrogens with one attached hydrogen (secondary N) is 1. The summed E-state index contributed by atoms with van der Waals surface area (Å²) in [5, 5.41) is 14.3. The molecular weight excluding hydrogens is 463 g/mol. The molecule has 9 heteroatoms. The highest BCUT2D eigenvalue weighted by Crippen LogP contribution is 2.34. The number of carboxylic acid groups (broad SMARTS) is 1. The van der Waals surface area contributed by atoms with Gasteiger partial charge in [0, 0.05) is 10.6 Å². The molecule has 0 heterocycles. The standard InChI is InChI=1S/C22H17Cl3N2O4/c1-30-20-10-13(11-26-27-15-5-3-14(4-6-15)22(28)29)2-9-19(20)31-12-16-17(23)7-8-18(24)21(16)25/h2-11,27H,12H2,1H3,(H,28,29). The second-order valence-corrected chi connectivity index (χ2v) is 7.47. The SMILES string of the molecule is COc1cc(C=NNc2ccc(C(=O)O)cc2)ccc1OCc1c(Cl)ccc(Cl)c1Cl. The van der Waals surface area contributed by atoms with Gasteiger partial charge in [-0.1, -0.05) is 34.8 Å². The molecule has 2 N–H and O–H groups in total. The number of rotatable bonds is 8. The van der Waals surface area contributed by atoms with E-state index in [4.69, 9.17) is 49.4 Å². The highest BCUT2D eigenvalue weighted by Gasteiger charge is 2.12. The smallest absolute Gasteiger partial charge is 0.335 e. The molecule has 0 atom stereocenters. The van der Waals surface area contributed by atoms with Crippen molar-refractivity contribution in [1.82, 2.24) is 0 Å². The Morgan fingerprint density at radius 1 is 1.03 bits per heavy atom. The molecule has 0 aliphatic rings. The van der Waals surface area contributed by atoms with E-state index in [9.17, 15) is 4.79 Å². The van der Waals surface area contributed by atoms with E-state index < -0.39 is 5.97 Å². The Bertz CT molecular complexity index is 1120. The molecule has 160 valence electrons. The van der Waals surface area contributed by atoms with Gasteiger partial charge in [0.2, 0.25) is 0 Å². The highest BCUT2D eigenvalue weighted by molar-refractivity contribution is 6.44. The van der Waals surface area contributed by atoms with Crippen LogP contribution in [0.2, 0.25) is 15.1 Å². The van der Waals surface area contributed by atoms with E-state index >= 15 is 0 Å². The van der Waals surface area contributed by atoms with Gasteiger partial charge in [-0.25, -0.2) is 4.79 Å². The van der Waals surface area contributed by atoms with Crippen molar-refractivity contribution in [3.05, 3.63) is 86.4 Å². The minimum absolute atomic E-state index is 0.121. The normalized spacial score (nSPS) is 10.8. The van der Waals surface area contributed by atoms with Gasteiger partial charge in [-0.05, 0) is 60.2 Å². The summed E-state index contributed by atoms with van der Waals surface area (Å²) in [5.41, 5.74) is 5.04. The Kier molecular flexibility index (Phi) is 7.63. The van der Waals surface area contributed by atoms with Crippen LogP contribution in [0.5, 0.6) is 11.5 Å². The number of hydrogen-bond donors (Lipinski definition) is 2. The summed E-state index contributed by atoms with van der Waals surface area (Å²) < 4.78 is 11.2. The lowest BCUT2D eigenvalue weighted by molar-refractivity contribution is 0.0697. The maximum Gasteiger partial charge on any atom is 0.335 e. The van der Waals surface area contributed by atoms with Gasteiger partial charge in [0.25, 0.3) is 0 Å². The van der Waals surface area contributed by atoms with Gasteiger partial charge >= 0.3 is 5.97 Å². The van der Waals surface area contributed by atoms with Gasteiger partial charge in [0.15, 0.2) is 11.5 Å². The highest BCUT2D eigenvalue weighted by atomic mass is 35.5. The van der Waals surface area contributed by atoms with E-state index in [2.05, 4.69) is 10.5 Å². The zero-order valence-electron chi connectivity index (χ0n) is 16.2. The van der Waals surface area contributed by atoms with Crippen LogP contribution in [0.4, 0.5) is 5.69 Å². The maximum absolute atomic E-state index is 10.9. The lowest BCUT2D eigenvalue weighted by atomic mass is 10.2. The third-order valence-corrected chi connectivity index (χ3v) is 5.44.